The van der Waals surface area contributed by atoms with Crippen LogP contribution < -0.4 is 0 Å². The Labute approximate surface area is 266 Å². The second-order valence-corrected chi connectivity index (χ2v) is 11.6. The van der Waals surface area contributed by atoms with Gasteiger partial charge in [-0.05, 0) is 66.3 Å². The van der Waals surface area contributed by atoms with Crippen LogP contribution in [0.2, 0.25) is 0 Å². The lowest BCUT2D eigenvalue weighted by atomic mass is 9.89. The van der Waals surface area contributed by atoms with Gasteiger partial charge in [-0.25, -0.2) is 15.0 Å². The quantitative estimate of drug-likeness (QED) is 0.193. The molecule has 0 aliphatic carbocycles. The fraction of sp³-hybridized carbons (Fsp3) is 0. The molecule has 8 aromatic carbocycles. The standard InChI is InChI=1S/C43H27N3/c1-3-13-29(14-4-1)41-44-42(30-15-5-2-6-16-30)46-43(45-41)33-18-11-17-31(26-33)32-23-24-37-35-20-9-10-21-36(35)38-25-22-28-12-7-8-19-34(28)40(38)39(37)27-32/h1-27H. The SMILES string of the molecule is c1ccc(-c2nc(-c3ccccc3)nc(-c3cccc(-c4ccc5c6ccccc6c6ccc7ccccc7c6c5c4)c3)n2)cc1. The van der Waals surface area contributed by atoms with Crippen LogP contribution in [0.15, 0.2) is 164 Å². The van der Waals surface area contributed by atoms with Crippen LogP contribution in [0.4, 0.5) is 0 Å². The van der Waals surface area contributed by atoms with Gasteiger partial charge in [0.15, 0.2) is 17.5 Å². The molecule has 0 radical (unpaired) electrons. The van der Waals surface area contributed by atoms with E-state index in [9.17, 15) is 0 Å². The van der Waals surface area contributed by atoms with Crippen molar-refractivity contribution in [2.75, 3.05) is 0 Å². The molecule has 0 amide bonds. The van der Waals surface area contributed by atoms with Gasteiger partial charge in [0.05, 0.1) is 0 Å². The third kappa shape index (κ3) is 4.41. The highest BCUT2D eigenvalue weighted by Crippen LogP contribution is 2.40. The topological polar surface area (TPSA) is 38.7 Å². The largest absolute Gasteiger partial charge is 0.208 e. The number of aromatic nitrogens is 3. The van der Waals surface area contributed by atoms with Crippen molar-refractivity contribution in [3.05, 3.63) is 164 Å². The van der Waals surface area contributed by atoms with Crippen LogP contribution in [0.25, 0.3) is 88.4 Å². The fourth-order valence-electron chi connectivity index (χ4n) is 6.68. The first-order chi connectivity index (χ1) is 22.8. The van der Waals surface area contributed by atoms with Gasteiger partial charge in [-0.1, -0.05) is 152 Å². The smallest absolute Gasteiger partial charge is 0.164 e. The normalized spacial score (nSPS) is 11.5. The minimum atomic E-state index is 0.651. The molecule has 1 heterocycles. The first-order valence-corrected chi connectivity index (χ1v) is 15.5. The molecule has 0 atom stereocenters. The first kappa shape index (κ1) is 26.2. The summed E-state index contributed by atoms with van der Waals surface area (Å²) >= 11 is 0. The molecular formula is C43H27N3. The van der Waals surface area contributed by atoms with Crippen LogP contribution in [-0.4, -0.2) is 15.0 Å². The summed E-state index contributed by atoms with van der Waals surface area (Å²) in [5, 5.41) is 10.2. The Bertz CT molecular complexity index is 2520. The molecule has 0 N–H and O–H groups in total. The van der Waals surface area contributed by atoms with E-state index in [0.29, 0.717) is 17.5 Å². The van der Waals surface area contributed by atoms with Crippen LogP contribution in [0.5, 0.6) is 0 Å². The molecule has 9 aromatic rings. The monoisotopic (exact) mass is 585 g/mol. The molecule has 0 unspecified atom stereocenters. The lowest BCUT2D eigenvalue weighted by molar-refractivity contribution is 1.07. The van der Waals surface area contributed by atoms with Crippen molar-refractivity contribution in [3.63, 3.8) is 0 Å². The number of fused-ring (bicyclic) bond motifs is 8. The van der Waals surface area contributed by atoms with Gasteiger partial charge in [-0.2, -0.15) is 0 Å². The van der Waals surface area contributed by atoms with Crippen molar-refractivity contribution in [2.24, 2.45) is 0 Å². The fourth-order valence-corrected chi connectivity index (χ4v) is 6.68. The molecule has 9 rings (SSSR count). The van der Waals surface area contributed by atoms with Crippen molar-refractivity contribution < 1.29 is 0 Å². The molecule has 0 aliphatic rings. The number of hydrogen-bond donors (Lipinski definition) is 0. The molecule has 0 fully saturated rings. The van der Waals surface area contributed by atoms with Gasteiger partial charge >= 0.3 is 0 Å². The minimum Gasteiger partial charge on any atom is -0.208 e. The number of nitrogens with zero attached hydrogens (tertiary/aromatic N) is 3. The van der Waals surface area contributed by atoms with Gasteiger partial charge in [0, 0.05) is 16.7 Å². The highest BCUT2D eigenvalue weighted by atomic mass is 15.0. The highest BCUT2D eigenvalue weighted by Gasteiger charge is 2.15. The Morgan fingerprint density at radius 2 is 0.739 bits per heavy atom. The Kier molecular flexibility index (Phi) is 6.14. The van der Waals surface area contributed by atoms with Crippen LogP contribution >= 0.6 is 0 Å². The molecule has 1 aromatic heterocycles. The summed E-state index contributed by atoms with van der Waals surface area (Å²) in [7, 11) is 0. The molecule has 46 heavy (non-hydrogen) atoms. The van der Waals surface area contributed by atoms with Crippen LogP contribution in [0.1, 0.15) is 0 Å². The lowest BCUT2D eigenvalue weighted by Gasteiger charge is -2.14. The molecule has 214 valence electrons. The zero-order valence-electron chi connectivity index (χ0n) is 24.9. The lowest BCUT2D eigenvalue weighted by Crippen LogP contribution is -2.00. The van der Waals surface area contributed by atoms with Gasteiger partial charge in [0.25, 0.3) is 0 Å². The van der Waals surface area contributed by atoms with E-state index >= 15 is 0 Å². The van der Waals surface area contributed by atoms with Crippen molar-refractivity contribution in [2.45, 2.75) is 0 Å². The molecule has 0 saturated heterocycles. The van der Waals surface area contributed by atoms with Gasteiger partial charge < -0.3 is 0 Å². The Hall–Kier alpha value is -6.19. The van der Waals surface area contributed by atoms with Crippen molar-refractivity contribution >= 4 is 43.1 Å². The zero-order chi connectivity index (χ0) is 30.5. The summed E-state index contributed by atoms with van der Waals surface area (Å²) in [6.45, 7) is 0. The second-order valence-electron chi connectivity index (χ2n) is 11.6. The van der Waals surface area contributed by atoms with Crippen molar-refractivity contribution in [1.82, 2.24) is 15.0 Å². The number of benzene rings is 8. The summed E-state index contributed by atoms with van der Waals surface area (Å²) in [5.74, 6) is 1.97. The van der Waals surface area contributed by atoms with E-state index in [-0.39, 0.29) is 0 Å². The van der Waals surface area contributed by atoms with Crippen LogP contribution in [0.3, 0.4) is 0 Å². The predicted molar refractivity (Wildman–Crippen MR) is 192 cm³/mol. The van der Waals surface area contributed by atoms with Gasteiger partial charge in [0.1, 0.15) is 0 Å². The van der Waals surface area contributed by atoms with Crippen molar-refractivity contribution in [3.8, 4) is 45.3 Å². The Balaban J connectivity index is 1.25. The van der Waals surface area contributed by atoms with E-state index in [4.69, 9.17) is 15.0 Å². The molecule has 0 spiro atoms. The van der Waals surface area contributed by atoms with E-state index in [1.807, 2.05) is 60.7 Å². The predicted octanol–water partition coefficient (Wildman–Crippen LogP) is 11.2. The molecule has 0 aliphatic heterocycles. The van der Waals surface area contributed by atoms with E-state index < -0.39 is 0 Å². The van der Waals surface area contributed by atoms with Crippen LogP contribution in [-0.2, 0) is 0 Å². The van der Waals surface area contributed by atoms with Gasteiger partial charge in [-0.15, -0.1) is 0 Å². The average Bonchev–Trinajstić information content (AvgIpc) is 3.15. The maximum atomic E-state index is 4.97. The first-order valence-electron chi connectivity index (χ1n) is 15.5. The molecule has 3 heteroatoms. The van der Waals surface area contributed by atoms with E-state index in [1.54, 1.807) is 0 Å². The van der Waals surface area contributed by atoms with Gasteiger partial charge in [0.2, 0.25) is 0 Å². The third-order valence-corrected chi connectivity index (χ3v) is 8.88. The third-order valence-electron chi connectivity index (χ3n) is 8.88. The summed E-state index contributed by atoms with van der Waals surface area (Å²) < 4.78 is 0. The zero-order valence-corrected chi connectivity index (χ0v) is 24.9. The summed E-state index contributed by atoms with van der Waals surface area (Å²) in [5.41, 5.74) is 5.13. The van der Waals surface area contributed by atoms with E-state index in [0.717, 1.165) is 27.8 Å². The van der Waals surface area contributed by atoms with E-state index in [1.165, 1.54) is 43.1 Å². The minimum absolute atomic E-state index is 0.651. The maximum Gasteiger partial charge on any atom is 0.164 e. The maximum absolute atomic E-state index is 4.97. The highest BCUT2D eigenvalue weighted by molar-refractivity contribution is 6.31. The van der Waals surface area contributed by atoms with Gasteiger partial charge in [-0.3, -0.25) is 0 Å². The summed E-state index contributed by atoms with van der Waals surface area (Å²) in [4.78, 5) is 14.8. The van der Waals surface area contributed by atoms with E-state index in [2.05, 4.69) is 103 Å². The number of hydrogen-bond acceptors (Lipinski definition) is 3. The Morgan fingerprint density at radius 1 is 0.261 bits per heavy atom. The molecule has 3 nitrogen and oxygen atoms in total. The second kappa shape index (κ2) is 10.8. The Morgan fingerprint density at radius 3 is 1.43 bits per heavy atom. The molecule has 0 saturated carbocycles. The summed E-state index contributed by atoms with van der Waals surface area (Å²) in [6.07, 6.45) is 0. The number of rotatable bonds is 4. The molecular weight excluding hydrogens is 558 g/mol. The van der Waals surface area contributed by atoms with Crippen molar-refractivity contribution in [1.29, 1.82) is 0 Å². The van der Waals surface area contributed by atoms with Crippen LogP contribution in [0, 0.1) is 0 Å². The molecule has 0 bridgehead atoms. The summed E-state index contributed by atoms with van der Waals surface area (Å²) in [6, 6.07) is 57.6. The average molecular weight is 586 g/mol.